The molecule has 2 aromatic carbocycles. The van der Waals surface area contributed by atoms with Crippen molar-refractivity contribution in [1.29, 1.82) is 0 Å². The zero-order valence-electron chi connectivity index (χ0n) is 11.4. The number of rotatable bonds is 4. The molecule has 0 aliphatic rings. The van der Waals surface area contributed by atoms with Crippen LogP contribution in [0.2, 0.25) is 0 Å². The molecule has 0 saturated carbocycles. The number of ketones is 1. The van der Waals surface area contributed by atoms with Gasteiger partial charge in [0.05, 0.1) is 10.5 Å². The lowest BCUT2D eigenvalue weighted by Gasteiger charge is -2.07. The number of nitro groups is 1. The maximum absolute atomic E-state index is 12.3. The van der Waals surface area contributed by atoms with Crippen LogP contribution < -0.4 is 0 Å². The Kier molecular flexibility index (Phi) is 3.94. The highest BCUT2D eigenvalue weighted by Gasteiger charge is 2.19. The lowest BCUT2D eigenvalue weighted by atomic mass is 9.97. The number of hydrogen-bond acceptors (Lipinski definition) is 3. The summed E-state index contributed by atoms with van der Waals surface area (Å²) in [6.07, 6.45) is 0.179. The Labute approximate surface area is 117 Å². The van der Waals surface area contributed by atoms with Crippen LogP contribution in [0.25, 0.3) is 0 Å². The van der Waals surface area contributed by atoms with E-state index in [-0.39, 0.29) is 23.5 Å². The molecule has 0 bridgehead atoms. The maximum Gasteiger partial charge on any atom is 0.280 e. The number of Topliss-reactive ketones (excluding diaryl/α,β-unsaturated/α-hetero) is 1. The van der Waals surface area contributed by atoms with Gasteiger partial charge in [0.15, 0.2) is 5.78 Å². The Morgan fingerprint density at radius 3 is 2.55 bits per heavy atom. The summed E-state index contributed by atoms with van der Waals surface area (Å²) >= 11 is 0. The third-order valence-corrected chi connectivity index (χ3v) is 3.26. The van der Waals surface area contributed by atoms with Gasteiger partial charge in [0, 0.05) is 12.5 Å². The molecule has 4 nitrogen and oxygen atoms in total. The SMILES string of the molecule is Cc1ccc(C)c(CC(=O)c2ccccc2[N+](=O)[O-])c1. The number of nitrogens with zero attached hydrogens (tertiary/aromatic N) is 1. The number of aryl methyl sites for hydroxylation is 2. The van der Waals surface area contributed by atoms with Crippen LogP contribution in [0.15, 0.2) is 42.5 Å². The largest absolute Gasteiger partial charge is 0.294 e. The normalized spacial score (nSPS) is 10.3. The van der Waals surface area contributed by atoms with Gasteiger partial charge in [-0.1, -0.05) is 35.9 Å². The maximum atomic E-state index is 12.3. The Morgan fingerprint density at radius 2 is 1.85 bits per heavy atom. The van der Waals surface area contributed by atoms with E-state index in [1.807, 2.05) is 32.0 Å². The summed E-state index contributed by atoms with van der Waals surface area (Å²) in [4.78, 5) is 22.7. The molecule has 4 heteroatoms. The standard InChI is InChI=1S/C16H15NO3/c1-11-7-8-12(2)13(9-11)10-16(18)14-5-3-4-6-15(14)17(19)20/h3-9H,10H2,1-2H3. The lowest BCUT2D eigenvalue weighted by Crippen LogP contribution is -2.08. The summed E-state index contributed by atoms with van der Waals surface area (Å²) in [5.41, 5.74) is 3.03. The van der Waals surface area contributed by atoms with Gasteiger partial charge in [-0.3, -0.25) is 14.9 Å². The van der Waals surface area contributed by atoms with E-state index < -0.39 is 4.92 Å². The van der Waals surface area contributed by atoms with Gasteiger partial charge >= 0.3 is 0 Å². The first kappa shape index (κ1) is 13.9. The summed E-state index contributed by atoms with van der Waals surface area (Å²) < 4.78 is 0. The predicted molar refractivity (Wildman–Crippen MR) is 77.0 cm³/mol. The van der Waals surface area contributed by atoms with E-state index in [1.165, 1.54) is 12.1 Å². The van der Waals surface area contributed by atoms with Crippen molar-refractivity contribution in [3.63, 3.8) is 0 Å². The Balaban J connectivity index is 2.33. The molecule has 0 spiro atoms. The molecule has 102 valence electrons. The third kappa shape index (κ3) is 2.91. The lowest BCUT2D eigenvalue weighted by molar-refractivity contribution is -0.385. The number of hydrogen-bond donors (Lipinski definition) is 0. The molecule has 0 saturated heterocycles. The van der Waals surface area contributed by atoms with Crippen LogP contribution in [-0.4, -0.2) is 10.7 Å². The van der Waals surface area contributed by atoms with Gasteiger partial charge in [-0.25, -0.2) is 0 Å². The van der Waals surface area contributed by atoms with Crippen LogP contribution in [0.1, 0.15) is 27.0 Å². The van der Waals surface area contributed by atoms with Crippen molar-refractivity contribution in [1.82, 2.24) is 0 Å². The van der Waals surface area contributed by atoms with Crippen LogP contribution in [0.5, 0.6) is 0 Å². The van der Waals surface area contributed by atoms with Crippen molar-refractivity contribution in [3.05, 3.63) is 74.8 Å². The number of carbonyl (C=O) groups excluding carboxylic acids is 1. The summed E-state index contributed by atoms with van der Waals surface area (Å²) in [6, 6.07) is 12.0. The molecule has 2 aromatic rings. The number of para-hydroxylation sites is 1. The van der Waals surface area contributed by atoms with Gasteiger partial charge in [0.25, 0.3) is 5.69 Å². The molecule has 20 heavy (non-hydrogen) atoms. The van der Waals surface area contributed by atoms with Gasteiger partial charge in [-0.15, -0.1) is 0 Å². The molecule has 0 unspecified atom stereocenters. The zero-order chi connectivity index (χ0) is 14.7. The van der Waals surface area contributed by atoms with Crippen molar-refractivity contribution >= 4 is 11.5 Å². The molecular formula is C16H15NO3. The molecule has 0 radical (unpaired) electrons. The average Bonchev–Trinajstić information content (AvgIpc) is 2.42. The van der Waals surface area contributed by atoms with Gasteiger partial charge in [-0.2, -0.15) is 0 Å². The second kappa shape index (κ2) is 5.65. The summed E-state index contributed by atoms with van der Waals surface area (Å²) in [6.45, 7) is 3.89. The fourth-order valence-corrected chi connectivity index (χ4v) is 2.13. The predicted octanol–water partition coefficient (Wildman–Crippen LogP) is 3.64. The van der Waals surface area contributed by atoms with Crippen molar-refractivity contribution in [3.8, 4) is 0 Å². The highest BCUT2D eigenvalue weighted by molar-refractivity contribution is 6.01. The minimum atomic E-state index is -0.518. The van der Waals surface area contributed by atoms with Crippen LogP contribution in [-0.2, 0) is 6.42 Å². The fraction of sp³-hybridized carbons (Fsp3) is 0.188. The van der Waals surface area contributed by atoms with Gasteiger partial charge < -0.3 is 0 Å². The zero-order valence-corrected chi connectivity index (χ0v) is 11.4. The first-order chi connectivity index (χ1) is 9.49. The molecule has 0 atom stereocenters. The van der Waals surface area contributed by atoms with E-state index in [0.717, 1.165) is 16.7 Å². The second-order valence-electron chi connectivity index (χ2n) is 4.80. The summed E-state index contributed by atoms with van der Waals surface area (Å²) in [7, 11) is 0. The van der Waals surface area contributed by atoms with E-state index in [2.05, 4.69) is 0 Å². The Bertz CT molecular complexity index is 677. The first-order valence-corrected chi connectivity index (χ1v) is 6.32. The summed E-state index contributed by atoms with van der Waals surface area (Å²) in [5, 5.41) is 11.0. The molecule has 0 fully saturated rings. The van der Waals surface area contributed by atoms with E-state index in [4.69, 9.17) is 0 Å². The van der Waals surface area contributed by atoms with Crippen molar-refractivity contribution < 1.29 is 9.72 Å². The molecule has 0 amide bonds. The van der Waals surface area contributed by atoms with Gasteiger partial charge in [-0.05, 0) is 31.0 Å². The number of benzene rings is 2. The van der Waals surface area contributed by atoms with E-state index in [9.17, 15) is 14.9 Å². The highest BCUT2D eigenvalue weighted by atomic mass is 16.6. The monoisotopic (exact) mass is 269 g/mol. The quantitative estimate of drug-likeness (QED) is 0.483. The molecular weight excluding hydrogens is 254 g/mol. The molecule has 0 aliphatic heterocycles. The average molecular weight is 269 g/mol. The van der Waals surface area contributed by atoms with E-state index >= 15 is 0 Å². The van der Waals surface area contributed by atoms with Crippen LogP contribution in [0, 0.1) is 24.0 Å². The topological polar surface area (TPSA) is 60.2 Å². The van der Waals surface area contributed by atoms with Crippen LogP contribution in [0.4, 0.5) is 5.69 Å². The number of carbonyl (C=O) groups is 1. The second-order valence-corrected chi connectivity index (χ2v) is 4.80. The molecule has 0 N–H and O–H groups in total. The van der Waals surface area contributed by atoms with Gasteiger partial charge in [0.1, 0.15) is 0 Å². The van der Waals surface area contributed by atoms with Crippen molar-refractivity contribution in [2.75, 3.05) is 0 Å². The van der Waals surface area contributed by atoms with Crippen LogP contribution in [0.3, 0.4) is 0 Å². The molecule has 0 aromatic heterocycles. The van der Waals surface area contributed by atoms with Crippen molar-refractivity contribution in [2.45, 2.75) is 20.3 Å². The Hall–Kier alpha value is -2.49. The third-order valence-electron chi connectivity index (χ3n) is 3.26. The smallest absolute Gasteiger partial charge is 0.280 e. The highest BCUT2D eigenvalue weighted by Crippen LogP contribution is 2.21. The van der Waals surface area contributed by atoms with Gasteiger partial charge in [0.2, 0.25) is 0 Å². The fourth-order valence-electron chi connectivity index (χ4n) is 2.13. The van der Waals surface area contributed by atoms with Crippen molar-refractivity contribution in [2.24, 2.45) is 0 Å². The number of nitro benzene ring substituents is 1. The van der Waals surface area contributed by atoms with E-state index in [0.29, 0.717) is 0 Å². The first-order valence-electron chi connectivity index (χ1n) is 6.32. The Morgan fingerprint density at radius 1 is 1.15 bits per heavy atom. The molecule has 0 heterocycles. The molecule has 0 aliphatic carbocycles. The van der Waals surface area contributed by atoms with E-state index in [1.54, 1.807) is 12.1 Å². The minimum Gasteiger partial charge on any atom is -0.294 e. The summed E-state index contributed by atoms with van der Waals surface area (Å²) in [5.74, 6) is -0.231. The van der Waals surface area contributed by atoms with Crippen LogP contribution >= 0.6 is 0 Å². The molecule has 2 rings (SSSR count). The minimum absolute atomic E-state index is 0.136.